The van der Waals surface area contributed by atoms with Gasteiger partial charge in [-0.05, 0) is 23.3 Å². The van der Waals surface area contributed by atoms with Crippen molar-refractivity contribution in [2.24, 2.45) is 11.5 Å². The van der Waals surface area contributed by atoms with Gasteiger partial charge in [-0.2, -0.15) is 0 Å². The fourth-order valence-corrected chi connectivity index (χ4v) is 2.51. The van der Waals surface area contributed by atoms with Gasteiger partial charge in [0, 0.05) is 34.8 Å². The summed E-state index contributed by atoms with van der Waals surface area (Å²) in [7, 11) is 0. The lowest BCUT2D eigenvalue weighted by Crippen LogP contribution is -2.08. The van der Waals surface area contributed by atoms with Crippen LogP contribution in [-0.2, 0) is 6.54 Å². The van der Waals surface area contributed by atoms with Crippen LogP contribution in [0.4, 0.5) is 0 Å². The van der Waals surface area contributed by atoms with Gasteiger partial charge in [0.25, 0.3) is 0 Å². The minimum absolute atomic E-state index is 0.414. The molecule has 20 heavy (non-hydrogen) atoms. The van der Waals surface area contributed by atoms with Gasteiger partial charge < -0.3 is 16.5 Å². The molecule has 0 radical (unpaired) electrons. The first-order valence-electron chi connectivity index (χ1n) is 6.39. The molecule has 0 saturated carbocycles. The molecule has 1 heterocycles. The summed E-state index contributed by atoms with van der Waals surface area (Å²) in [6.07, 6.45) is 2.00. The first kappa shape index (κ1) is 12.8. The van der Waals surface area contributed by atoms with Gasteiger partial charge in [-0.1, -0.05) is 42.5 Å². The van der Waals surface area contributed by atoms with Gasteiger partial charge in [0.1, 0.15) is 4.99 Å². The summed E-state index contributed by atoms with van der Waals surface area (Å²) in [5, 5.41) is 1.17. The van der Waals surface area contributed by atoms with E-state index in [1.54, 1.807) is 0 Å². The van der Waals surface area contributed by atoms with Crippen LogP contribution in [0.3, 0.4) is 0 Å². The summed E-state index contributed by atoms with van der Waals surface area (Å²) in [5.74, 6) is 0. The molecule has 0 amide bonds. The molecule has 3 nitrogen and oxygen atoms in total. The van der Waals surface area contributed by atoms with Gasteiger partial charge in [-0.3, -0.25) is 0 Å². The molecule has 5 N–H and O–H groups in total. The predicted octanol–water partition coefficient (Wildman–Crippen LogP) is 2.93. The third-order valence-corrected chi connectivity index (χ3v) is 3.68. The average molecular weight is 281 g/mol. The topological polar surface area (TPSA) is 67.8 Å². The van der Waals surface area contributed by atoms with E-state index in [1.165, 1.54) is 5.39 Å². The minimum atomic E-state index is 0.414. The molecular formula is C16H15N3S. The van der Waals surface area contributed by atoms with Gasteiger partial charge in [0.15, 0.2) is 0 Å². The number of H-pyrrole nitrogens is 1. The van der Waals surface area contributed by atoms with E-state index < -0.39 is 0 Å². The van der Waals surface area contributed by atoms with Gasteiger partial charge in [-0.25, -0.2) is 0 Å². The Balaban J connectivity index is 2.15. The maximum absolute atomic E-state index is 5.70. The number of rotatable bonds is 3. The zero-order valence-electron chi connectivity index (χ0n) is 10.9. The Hall–Kier alpha value is -2.17. The molecule has 0 bridgehead atoms. The number of fused-ring (bicyclic) bond motifs is 1. The van der Waals surface area contributed by atoms with Crippen LogP contribution in [0.2, 0.25) is 0 Å². The molecule has 0 aliphatic heterocycles. The van der Waals surface area contributed by atoms with Crippen molar-refractivity contribution in [3.05, 3.63) is 59.8 Å². The Morgan fingerprint density at radius 3 is 2.75 bits per heavy atom. The van der Waals surface area contributed by atoms with Crippen molar-refractivity contribution in [3.8, 4) is 11.1 Å². The Kier molecular flexibility index (Phi) is 3.26. The lowest BCUT2D eigenvalue weighted by molar-refractivity contribution is 1.07. The number of benzene rings is 2. The number of nitrogens with two attached hydrogens (primary N) is 2. The molecule has 3 rings (SSSR count). The third-order valence-electron chi connectivity index (χ3n) is 3.44. The van der Waals surface area contributed by atoms with Crippen LogP contribution >= 0.6 is 12.2 Å². The molecule has 0 spiro atoms. The monoisotopic (exact) mass is 281 g/mol. The highest BCUT2D eigenvalue weighted by molar-refractivity contribution is 7.80. The van der Waals surface area contributed by atoms with E-state index in [0.29, 0.717) is 11.5 Å². The summed E-state index contributed by atoms with van der Waals surface area (Å²) in [5.41, 5.74) is 16.7. The fourth-order valence-electron chi connectivity index (χ4n) is 2.38. The van der Waals surface area contributed by atoms with Crippen molar-refractivity contribution in [3.63, 3.8) is 0 Å². The summed E-state index contributed by atoms with van der Waals surface area (Å²) in [6.45, 7) is 0.543. The van der Waals surface area contributed by atoms with Crippen LogP contribution in [0.1, 0.15) is 11.1 Å². The smallest absolute Gasteiger partial charge is 0.104 e. The van der Waals surface area contributed by atoms with Crippen molar-refractivity contribution >= 4 is 28.1 Å². The highest BCUT2D eigenvalue weighted by atomic mass is 32.1. The second kappa shape index (κ2) is 5.07. The highest BCUT2D eigenvalue weighted by Crippen LogP contribution is 2.29. The highest BCUT2D eigenvalue weighted by Gasteiger charge is 2.07. The molecule has 3 aromatic rings. The number of hydrogen-bond donors (Lipinski definition) is 3. The van der Waals surface area contributed by atoms with Crippen molar-refractivity contribution in [1.29, 1.82) is 0 Å². The van der Waals surface area contributed by atoms with E-state index in [1.807, 2.05) is 24.4 Å². The number of thiocarbonyl (C=S) groups is 1. The zero-order valence-corrected chi connectivity index (χ0v) is 11.7. The molecule has 2 aromatic carbocycles. The third kappa shape index (κ3) is 2.19. The standard InChI is InChI=1S/C16H15N3S/c17-8-10-4-5-13-14(9-19-15(13)6-10)11-2-1-3-12(7-11)16(18)20/h1-7,9,19H,8,17H2,(H2,18,20). The maximum atomic E-state index is 5.70. The Labute approximate surface area is 122 Å². The summed E-state index contributed by atoms with van der Waals surface area (Å²) < 4.78 is 0. The first-order chi connectivity index (χ1) is 9.69. The Morgan fingerprint density at radius 1 is 1.15 bits per heavy atom. The molecule has 100 valence electrons. The Bertz CT molecular complexity index is 789. The van der Waals surface area contributed by atoms with Crippen molar-refractivity contribution < 1.29 is 0 Å². The van der Waals surface area contributed by atoms with E-state index >= 15 is 0 Å². The molecule has 0 unspecified atom stereocenters. The van der Waals surface area contributed by atoms with Gasteiger partial charge >= 0.3 is 0 Å². The van der Waals surface area contributed by atoms with Crippen LogP contribution < -0.4 is 11.5 Å². The van der Waals surface area contributed by atoms with Crippen molar-refractivity contribution in [2.45, 2.75) is 6.54 Å². The second-order valence-electron chi connectivity index (χ2n) is 4.73. The summed E-state index contributed by atoms with van der Waals surface area (Å²) in [6, 6.07) is 14.2. The van der Waals surface area contributed by atoms with E-state index in [2.05, 4.69) is 29.2 Å². The second-order valence-corrected chi connectivity index (χ2v) is 5.17. The molecule has 0 aliphatic rings. The fraction of sp³-hybridized carbons (Fsp3) is 0.0625. The number of aromatic amines is 1. The largest absolute Gasteiger partial charge is 0.389 e. The molecular weight excluding hydrogens is 266 g/mol. The van der Waals surface area contributed by atoms with Gasteiger partial charge in [-0.15, -0.1) is 0 Å². The van der Waals surface area contributed by atoms with Crippen LogP contribution in [0.5, 0.6) is 0 Å². The van der Waals surface area contributed by atoms with E-state index in [9.17, 15) is 0 Å². The SMILES string of the molecule is NCc1ccc2c(-c3cccc(C(N)=S)c3)c[nH]c2c1. The minimum Gasteiger partial charge on any atom is -0.389 e. The van der Waals surface area contributed by atoms with Gasteiger partial charge in [0.05, 0.1) is 0 Å². The van der Waals surface area contributed by atoms with E-state index in [0.717, 1.165) is 27.8 Å². The Morgan fingerprint density at radius 2 is 2.00 bits per heavy atom. The van der Waals surface area contributed by atoms with E-state index in [-0.39, 0.29) is 0 Å². The molecule has 0 aliphatic carbocycles. The predicted molar refractivity (Wildman–Crippen MR) is 87.5 cm³/mol. The van der Waals surface area contributed by atoms with Crippen LogP contribution in [0.25, 0.3) is 22.0 Å². The average Bonchev–Trinajstić information content (AvgIpc) is 2.90. The molecule has 0 atom stereocenters. The maximum Gasteiger partial charge on any atom is 0.104 e. The number of nitrogens with one attached hydrogen (secondary N) is 1. The molecule has 0 saturated heterocycles. The summed E-state index contributed by atoms with van der Waals surface area (Å²) >= 11 is 5.04. The van der Waals surface area contributed by atoms with Crippen molar-refractivity contribution in [1.82, 2.24) is 4.98 Å². The van der Waals surface area contributed by atoms with Gasteiger partial charge in [0.2, 0.25) is 0 Å². The number of hydrogen-bond acceptors (Lipinski definition) is 2. The first-order valence-corrected chi connectivity index (χ1v) is 6.80. The van der Waals surface area contributed by atoms with Crippen LogP contribution in [0, 0.1) is 0 Å². The summed E-state index contributed by atoms with van der Waals surface area (Å²) in [4.78, 5) is 3.70. The molecule has 1 aromatic heterocycles. The van der Waals surface area contributed by atoms with Crippen LogP contribution in [0.15, 0.2) is 48.7 Å². The lowest BCUT2D eigenvalue weighted by atomic mass is 10.0. The lowest BCUT2D eigenvalue weighted by Gasteiger charge is -2.04. The number of aromatic nitrogens is 1. The zero-order chi connectivity index (χ0) is 14.1. The quantitative estimate of drug-likeness (QED) is 0.647. The van der Waals surface area contributed by atoms with Crippen molar-refractivity contribution in [2.75, 3.05) is 0 Å². The molecule has 0 fully saturated rings. The molecule has 4 heteroatoms. The van der Waals surface area contributed by atoms with Crippen LogP contribution in [-0.4, -0.2) is 9.97 Å². The normalized spacial score (nSPS) is 10.8. The van der Waals surface area contributed by atoms with E-state index in [4.69, 9.17) is 23.7 Å².